The lowest BCUT2D eigenvalue weighted by molar-refractivity contribution is 0.102. The van der Waals surface area contributed by atoms with Gasteiger partial charge in [0, 0.05) is 42.7 Å². The van der Waals surface area contributed by atoms with Gasteiger partial charge in [-0.15, -0.1) is 0 Å². The Kier molecular flexibility index (Phi) is 6.63. The van der Waals surface area contributed by atoms with Gasteiger partial charge < -0.3 is 20.9 Å². The summed E-state index contributed by atoms with van der Waals surface area (Å²) in [6.45, 7) is 8.15. The highest BCUT2D eigenvalue weighted by atomic mass is 35.5. The number of halogens is 1. The first-order chi connectivity index (χ1) is 15.4. The molecule has 0 saturated carbocycles. The van der Waals surface area contributed by atoms with Crippen LogP contribution in [0.1, 0.15) is 29.8 Å². The molecule has 0 aliphatic carbocycles. The van der Waals surface area contributed by atoms with Gasteiger partial charge in [0.25, 0.3) is 5.91 Å². The quantitative estimate of drug-likeness (QED) is 0.497. The van der Waals surface area contributed by atoms with Crippen LogP contribution in [0.3, 0.4) is 0 Å². The first-order valence-corrected chi connectivity index (χ1v) is 11.2. The lowest BCUT2D eigenvalue weighted by Crippen LogP contribution is -2.54. The fraction of sp³-hybridized carbons (Fsp3) is 0.280. The Hall–Kier alpha value is -3.09. The zero-order valence-electron chi connectivity index (χ0n) is 18.5. The normalized spacial score (nSPS) is 18.3. The number of pyridine rings is 1. The third-order valence-electron chi connectivity index (χ3n) is 5.41. The predicted octanol–water partition coefficient (Wildman–Crippen LogP) is 5.23. The minimum absolute atomic E-state index is 0.213. The predicted molar refractivity (Wildman–Crippen MR) is 132 cm³/mol. The third-order valence-corrected chi connectivity index (χ3v) is 5.74. The maximum absolute atomic E-state index is 12.8. The highest BCUT2D eigenvalue weighted by molar-refractivity contribution is 6.33. The average molecular weight is 450 g/mol. The van der Waals surface area contributed by atoms with Crippen molar-refractivity contribution in [3.8, 4) is 0 Å². The fourth-order valence-corrected chi connectivity index (χ4v) is 4.17. The molecule has 2 heterocycles. The summed E-state index contributed by atoms with van der Waals surface area (Å²) in [7, 11) is 0. The van der Waals surface area contributed by atoms with Crippen molar-refractivity contribution in [3.63, 3.8) is 0 Å². The number of rotatable bonds is 5. The summed E-state index contributed by atoms with van der Waals surface area (Å²) < 4.78 is 0. The highest BCUT2D eigenvalue weighted by Crippen LogP contribution is 2.29. The summed E-state index contributed by atoms with van der Waals surface area (Å²) in [6, 6.07) is 17.9. The van der Waals surface area contributed by atoms with E-state index in [4.69, 9.17) is 11.6 Å². The monoisotopic (exact) mass is 449 g/mol. The van der Waals surface area contributed by atoms with E-state index in [-0.39, 0.29) is 5.91 Å². The second-order valence-electron chi connectivity index (χ2n) is 8.42. The van der Waals surface area contributed by atoms with Crippen LogP contribution in [0.15, 0.2) is 60.8 Å². The lowest BCUT2D eigenvalue weighted by atomic mass is 10.1. The fourth-order valence-electron chi connectivity index (χ4n) is 4.00. The SMILES string of the molecule is Cc1cccc(Nc2cc(NC(=O)c3ccc(N4C[C@@H](C)N[C@@H](C)C4)nc3)ccc2Cl)c1. The first kappa shape index (κ1) is 22.1. The second-order valence-corrected chi connectivity index (χ2v) is 8.83. The summed E-state index contributed by atoms with van der Waals surface area (Å²) in [4.78, 5) is 19.6. The summed E-state index contributed by atoms with van der Waals surface area (Å²) in [5.41, 5.74) is 3.98. The number of carbonyl (C=O) groups excluding carboxylic acids is 1. The largest absolute Gasteiger partial charge is 0.354 e. The molecule has 32 heavy (non-hydrogen) atoms. The van der Waals surface area contributed by atoms with E-state index >= 15 is 0 Å². The van der Waals surface area contributed by atoms with Crippen LogP contribution in [0, 0.1) is 6.92 Å². The molecular weight excluding hydrogens is 422 g/mol. The number of amides is 1. The Morgan fingerprint density at radius 3 is 2.53 bits per heavy atom. The number of piperazine rings is 1. The molecule has 6 nitrogen and oxygen atoms in total. The van der Waals surface area contributed by atoms with Gasteiger partial charge in [-0.2, -0.15) is 0 Å². The van der Waals surface area contributed by atoms with Gasteiger partial charge in [0.1, 0.15) is 5.82 Å². The zero-order chi connectivity index (χ0) is 22.7. The number of anilines is 4. The van der Waals surface area contributed by atoms with Crippen LogP contribution >= 0.6 is 11.6 Å². The van der Waals surface area contributed by atoms with Crippen LogP contribution in [-0.2, 0) is 0 Å². The third kappa shape index (κ3) is 5.39. The second kappa shape index (κ2) is 9.59. The molecule has 1 amide bonds. The Bertz CT molecular complexity index is 1090. The number of aromatic nitrogens is 1. The number of hydrogen-bond donors (Lipinski definition) is 3. The molecule has 166 valence electrons. The Labute approximate surface area is 194 Å². The molecule has 1 aromatic heterocycles. The van der Waals surface area contributed by atoms with Crippen molar-refractivity contribution in [3.05, 3.63) is 76.9 Å². The number of nitrogens with zero attached hydrogens (tertiary/aromatic N) is 2. The molecular formula is C25H28ClN5O. The summed E-state index contributed by atoms with van der Waals surface area (Å²) >= 11 is 6.36. The van der Waals surface area contributed by atoms with Crippen LogP contribution in [0.25, 0.3) is 0 Å². The minimum atomic E-state index is -0.213. The molecule has 2 aromatic carbocycles. The maximum Gasteiger partial charge on any atom is 0.257 e. The number of nitrogens with one attached hydrogen (secondary N) is 3. The standard InChI is InChI=1S/C25H28ClN5O/c1-16-5-4-6-20(11-16)29-23-12-21(8-9-22(23)26)30-25(32)19-7-10-24(27-13-19)31-14-17(2)28-18(3)15-31/h4-13,17-18,28-29H,14-15H2,1-3H3,(H,30,32)/t17-,18+. The number of carbonyl (C=O) groups is 1. The van der Waals surface area contributed by atoms with E-state index < -0.39 is 0 Å². The van der Waals surface area contributed by atoms with Gasteiger partial charge >= 0.3 is 0 Å². The molecule has 0 spiro atoms. The molecule has 1 aliphatic rings. The molecule has 3 N–H and O–H groups in total. The molecule has 0 bridgehead atoms. The minimum Gasteiger partial charge on any atom is -0.354 e. The van der Waals surface area contributed by atoms with E-state index in [0.717, 1.165) is 35.8 Å². The number of hydrogen-bond acceptors (Lipinski definition) is 5. The Balaban J connectivity index is 1.44. The molecule has 7 heteroatoms. The summed E-state index contributed by atoms with van der Waals surface area (Å²) in [5.74, 6) is 0.674. The molecule has 3 aromatic rings. The van der Waals surface area contributed by atoms with Crippen molar-refractivity contribution < 1.29 is 4.79 Å². The lowest BCUT2D eigenvalue weighted by Gasteiger charge is -2.36. The van der Waals surface area contributed by atoms with Gasteiger partial charge in [0.2, 0.25) is 0 Å². The molecule has 1 saturated heterocycles. The Morgan fingerprint density at radius 1 is 1.06 bits per heavy atom. The van der Waals surface area contributed by atoms with Crippen molar-refractivity contribution in [1.29, 1.82) is 0 Å². The van der Waals surface area contributed by atoms with E-state index in [1.807, 2.05) is 49.4 Å². The molecule has 0 radical (unpaired) electrons. The van der Waals surface area contributed by atoms with Crippen molar-refractivity contribution in [2.24, 2.45) is 0 Å². The smallest absolute Gasteiger partial charge is 0.257 e. The average Bonchev–Trinajstić information content (AvgIpc) is 2.75. The van der Waals surface area contributed by atoms with E-state index in [1.54, 1.807) is 18.3 Å². The van der Waals surface area contributed by atoms with Gasteiger partial charge in [-0.05, 0) is 68.8 Å². The van der Waals surface area contributed by atoms with Crippen LogP contribution in [0.5, 0.6) is 0 Å². The van der Waals surface area contributed by atoms with Gasteiger partial charge in [-0.25, -0.2) is 4.98 Å². The highest BCUT2D eigenvalue weighted by Gasteiger charge is 2.22. The van der Waals surface area contributed by atoms with Crippen LogP contribution in [-0.4, -0.2) is 36.1 Å². The molecule has 4 rings (SSSR count). The summed E-state index contributed by atoms with van der Waals surface area (Å²) in [5, 5.41) is 10.3. The Morgan fingerprint density at radius 2 is 1.84 bits per heavy atom. The van der Waals surface area contributed by atoms with Gasteiger partial charge in [-0.1, -0.05) is 23.7 Å². The van der Waals surface area contributed by atoms with E-state index in [2.05, 4.69) is 39.7 Å². The molecule has 1 fully saturated rings. The van der Waals surface area contributed by atoms with Crippen LogP contribution in [0.2, 0.25) is 5.02 Å². The van der Waals surface area contributed by atoms with E-state index in [0.29, 0.717) is 28.4 Å². The topological polar surface area (TPSA) is 69.3 Å². The van der Waals surface area contributed by atoms with Gasteiger partial charge in [0.05, 0.1) is 16.3 Å². The van der Waals surface area contributed by atoms with Crippen molar-refractivity contribution in [1.82, 2.24) is 10.3 Å². The van der Waals surface area contributed by atoms with E-state index in [1.165, 1.54) is 0 Å². The number of benzene rings is 2. The maximum atomic E-state index is 12.8. The van der Waals surface area contributed by atoms with Gasteiger partial charge in [0.15, 0.2) is 0 Å². The van der Waals surface area contributed by atoms with Crippen molar-refractivity contribution >= 4 is 40.4 Å². The molecule has 1 aliphatic heterocycles. The zero-order valence-corrected chi connectivity index (χ0v) is 19.3. The molecule has 0 unspecified atom stereocenters. The van der Waals surface area contributed by atoms with Crippen molar-refractivity contribution in [2.45, 2.75) is 32.9 Å². The van der Waals surface area contributed by atoms with E-state index in [9.17, 15) is 4.79 Å². The summed E-state index contributed by atoms with van der Waals surface area (Å²) in [6.07, 6.45) is 1.63. The van der Waals surface area contributed by atoms with Crippen LogP contribution in [0.4, 0.5) is 22.9 Å². The van der Waals surface area contributed by atoms with Crippen molar-refractivity contribution in [2.75, 3.05) is 28.6 Å². The first-order valence-electron chi connectivity index (χ1n) is 10.8. The molecule has 2 atom stereocenters. The number of aryl methyl sites for hydroxylation is 1. The van der Waals surface area contributed by atoms with Crippen LogP contribution < -0.4 is 20.9 Å². The van der Waals surface area contributed by atoms with Gasteiger partial charge in [-0.3, -0.25) is 4.79 Å².